The van der Waals surface area contributed by atoms with Gasteiger partial charge < -0.3 is 10.4 Å². The van der Waals surface area contributed by atoms with E-state index >= 15 is 0 Å². The van der Waals surface area contributed by atoms with Gasteiger partial charge in [0.25, 0.3) is 0 Å². The SMILES string of the molecule is O=C1CC[C@@](C(=O)O)(c2ccccc2)CCN1. The highest BCUT2D eigenvalue weighted by atomic mass is 16.4. The molecule has 0 bridgehead atoms. The third kappa shape index (κ3) is 2.16. The number of benzene rings is 1. The Hall–Kier alpha value is -1.84. The van der Waals surface area contributed by atoms with Crippen LogP contribution in [0.1, 0.15) is 24.8 Å². The number of carbonyl (C=O) groups is 2. The van der Waals surface area contributed by atoms with Gasteiger partial charge in [0.2, 0.25) is 5.91 Å². The first-order valence-electron chi connectivity index (χ1n) is 5.71. The summed E-state index contributed by atoms with van der Waals surface area (Å²) < 4.78 is 0. The van der Waals surface area contributed by atoms with Gasteiger partial charge in [0, 0.05) is 13.0 Å². The summed E-state index contributed by atoms with van der Waals surface area (Å²) in [6.45, 7) is 0.417. The van der Waals surface area contributed by atoms with E-state index in [1.54, 1.807) is 0 Å². The van der Waals surface area contributed by atoms with Crippen LogP contribution in [0.2, 0.25) is 0 Å². The summed E-state index contributed by atoms with van der Waals surface area (Å²) >= 11 is 0. The molecule has 2 N–H and O–H groups in total. The molecule has 1 heterocycles. The first kappa shape index (κ1) is 11.6. The lowest BCUT2D eigenvalue weighted by Crippen LogP contribution is -2.36. The molecule has 1 aromatic rings. The Labute approximate surface area is 99.6 Å². The fourth-order valence-electron chi connectivity index (χ4n) is 2.34. The minimum Gasteiger partial charge on any atom is -0.481 e. The van der Waals surface area contributed by atoms with E-state index in [4.69, 9.17) is 0 Å². The Morgan fingerprint density at radius 1 is 1.24 bits per heavy atom. The van der Waals surface area contributed by atoms with Gasteiger partial charge in [-0.05, 0) is 18.4 Å². The molecule has 0 aliphatic carbocycles. The molecule has 0 radical (unpaired) electrons. The van der Waals surface area contributed by atoms with Gasteiger partial charge in [-0.3, -0.25) is 9.59 Å². The van der Waals surface area contributed by atoms with Gasteiger partial charge in [0.05, 0.1) is 5.41 Å². The van der Waals surface area contributed by atoms with E-state index in [-0.39, 0.29) is 12.3 Å². The maximum absolute atomic E-state index is 11.6. The zero-order valence-corrected chi connectivity index (χ0v) is 9.48. The molecule has 0 aromatic heterocycles. The third-order valence-corrected chi connectivity index (χ3v) is 3.39. The summed E-state index contributed by atoms with van der Waals surface area (Å²) in [5.41, 5.74) is -0.149. The smallest absolute Gasteiger partial charge is 0.314 e. The molecule has 4 nitrogen and oxygen atoms in total. The molecule has 4 heteroatoms. The molecular weight excluding hydrogens is 218 g/mol. The van der Waals surface area contributed by atoms with Crippen molar-refractivity contribution in [3.63, 3.8) is 0 Å². The van der Waals surface area contributed by atoms with Crippen LogP contribution in [0.5, 0.6) is 0 Å². The number of nitrogens with one attached hydrogen (secondary N) is 1. The fourth-order valence-corrected chi connectivity index (χ4v) is 2.34. The molecule has 0 unspecified atom stereocenters. The Bertz CT molecular complexity index is 430. The predicted octanol–water partition coefficient (Wildman–Crippen LogP) is 1.31. The molecule has 1 fully saturated rings. The Balaban J connectivity index is 2.39. The van der Waals surface area contributed by atoms with Crippen molar-refractivity contribution in [1.82, 2.24) is 5.32 Å². The Morgan fingerprint density at radius 2 is 1.94 bits per heavy atom. The van der Waals surface area contributed by atoms with Crippen molar-refractivity contribution in [3.8, 4) is 0 Å². The average Bonchev–Trinajstić information content (AvgIpc) is 2.53. The van der Waals surface area contributed by atoms with E-state index < -0.39 is 11.4 Å². The van der Waals surface area contributed by atoms with Crippen LogP contribution < -0.4 is 5.32 Å². The van der Waals surface area contributed by atoms with Crippen molar-refractivity contribution in [3.05, 3.63) is 35.9 Å². The van der Waals surface area contributed by atoms with Crippen LogP contribution in [0.3, 0.4) is 0 Å². The highest BCUT2D eigenvalue weighted by Gasteiger charge is 2.41. The first-order chi connectivity index (χ1) is 8.15. The molecular formula is C13H15NO3. The molecule has 1 atom stereocenters. The van der Waals surface area contributed by atoms with Crippen LogP contribution in [0.15, 0.2) is 30.3 Å². The highest BCUT2D eigenvalue weighted by Crippen LogP contribution is 2.34. The molecule has 90 valence electrons. The minimum atomic E-state index is -0.930. The highest BCUT2D eigenvalue weighted by molar-refractivity contribution is 5.84. The van der Waals surface area contributed by atoms with Crippen LogP contribution in [0.4, 0.5) is 0 Å². The minimum absolute atomic E-state index is 0.0657. The van der Waals surface area contributed by atoms with E-state index in [1.165, 1.54) is 0 Å². The predicted molar refractivity (Wildman–Crippen MR) is 62.6 cm³/mol. The zero-order chi connectivity index (χ0) is 12.3. The van der Waals surface area contributed by atoms with E-state index in [2.05, 4.69) is 5.32 Å². The van der Waals surface area contributed by atoms with Gasteiger partial charge in [-0.15, -0.1) is 0 Å². The van der Waals surface area contributed by atoms with Crippen LogP contribution in [-0.4, -0.2) is 23.5 Å². The van der Waals surface area contributed by atoms with E-state index in [0.29, 0.717) is 19.4 Å². The van der Waals surface area contributed by atoms with E-state index in [1.807, 2.05) is 30.3 Å². The molecule has 0 saturated carbocycles. The van der Waals surface area contributed by atoms with Crippen LogP contribution in [0, 0.1) is 0 Å². The second-order valence-electron chi connectivity index (χ2n) is 4.35. The number of carboxylic acids is 1. The van der Waals surface area contributed by atoms with Gasteiger partial charge in [-0.25, -0.2) is 0 Å². The summed E-state index contributed by atoms with van der Waals surface area (Å²) in [6, 6.07) is 9.17. The number of rotatable bonds is 2. The van der Waals surface area contributed by atoms with Crippen LogP contribution in [0.25, 0.3) is 0 Å². The summed E-state index contributed by atoms with van der Waals surface area (Å²) in [5, 5.41) is 12.2. The quantitative estimate of drug-likeness (QED) is 0.809. The summed E-state index contributed by atoms with van der Waals surface area (Å²) in [5.74, 6) is -0.913. The standard InChI is InChI=1S/C13H15NO3/c15-11-6-7-13(12(16)17,8-9-14-11)10-4-2-1-3-5-10/h1-5H,6-9H2,(H,14,15)(H,16,17)/t13-/m0/s1. The average molecular weight is 233 g/mol. The van der Waals surface area contributed by atoms with Gasteiger partial charge >= 0.3 is 5.97 Å². The lowest BCUT2D eigenvalue weighted by Gasteiger charge is -2.27. The summed E-state index contributed by atoms with van der Waals surface area (Å²) in [6.07, 6.45) is 1.07. The number of aliphatic carboxylic acids is 1. The molecule has 1 amide bonds. The molecule has 1 aliphatic rings. The number of amides is 1. The van der Waals surface area contributed by atoms with Crippen molar-refractivity contribution < 1.29 is 14.7 Å². The van der Waals surface area contributed by atoms with Crippen molar-refractivity contribution in [1.29, 1.82) is 0 Å². The third-order valence-electron chi connectivity index (χ3n) is 3.39. The molecule has 2 rings (SSSR count). The second-order valence-corrected chi connectivity index (χ2v) is 4.35. The number of hydrogen-bond donors (Lipinski definition) is 2. The molecule has 1 aromatic carbocycles. The lowest BCUT2D eigenvalue weighted by molar-refractivity contribution is -0.144. The molecule has 1 saturated heterocycles. The van der Waals surface area contributed by atoms with Gasteiger partial charge in [-0.1, -0.05) is 30.3 Å². The fraction of sp³-hybridized carbons (Fsp3) is 0.385. The molecule has 1 aliphatic heterocycles. The summed E-state index contributed by atoms with van der Waals surface area (Å²) in [7, 11) is 0. The Morgan fingerprint density at radius 3 is 2.59 bits per heavy atom. The van der Waals surface area contributed by atoms with Gasteiger partial charge in [0.1, 0.15) is 0 Å². The van der Waals surface area contributed by atoms with Crippen molar-refractivity contribution in [2.75, 3.05) is 6.54 Å². The Kier molecular flexibility index (Phi) is 3.13. The zero-order valence-electron chi connectivity index (χ0n) is 9.48. The van der Waals surface area contributed by atoms with Gasteiger partial charge in [-0.2, -0.15) is 0 Å². The van der Waals surface area contributed by atoms with Crippen molar-refractivity contribution in [2.24, 2.45) is 0 Å². The lowest BCUT2D eigenvalue weighted by atomic mass is 9.74. The number of hydrogen-bond acceptors (Lipinski definition) is 2. The van der Waals surface area contributed by atoms with E-state index in [0.717, 1.165) is 5.56 Å². The molecule has 17 heavy (non-hydrogen) atoms. The van der Waals surface area contributed by atoms with Crippen LogP contribution >= 0.6 is 0 Å². The van der Waals surface area contributed by atoms with Crippen molar-refractivity contribution in [2.45, 2.75) is 24.7 Å². The second kappa shape index (κ2) is 4.57. The number of carboxylic acid groups (broad SMARTS) is 1. The molecule has 0 spiro atoms. The monoisotopic (exact) mass is 233 g/mol. The topological polar surface area (TPSA) is 66.4 Å². The largest absolute Gasteiger partial charge is 0.481 e. The first-order valence-corrected chi connectivity index (χ1v) is 5.71. The van der Waals surface area contributed by atoms with E-state index in [9.17, 15) is 14.7 Å². The maximum Gasteiger partial charge on any atom is 0.314 e. The normalized spacial score (nSPS) is 24.8. The van der Waals surface area contributed by atoms with Crippen LogP contribution in [-0.2, 0) is 15.0 Å². The van der Waals surface area contributed by atoms with Crippen molar-refractivity contribution >= 4 is 11.9 Å². The maximum atomic E-state index is 11.6. The van der Waals surface area contributed by atoms with Gasteiger partial charge in [0.15, 0.2) is 0 Å². The number of carbonyl (C=O) groups excluding carboxylic acids is 1. The summed E-state index contributed by atoms with van der Waals surface area (Å²) in [4.78, 5) is 22.9.